The fraction of sp³-hybridized carbons (Fsp3) is 0.478. The third-order valence-electron chi connectivity index (χ3n) is 4.87. The van der Waals surface area contributed by atoms with E-state index in [4.69, 9.17) is 9.47 Å². The topological polar surface area (TPSA) is 54.0 Å². The number of aliphatic hydroxyl groups is 1. The number of hydrogen-bond acceptors (Lipinski definition) is 5. The van der Waals surface area contributed by atoms with Crippen LogP contribution in [-0.2, 0) is 13.0 Å². The Balaban J connectivity index is 1.80. The Kier molecular flexibility index (Phi) is 9.38. The van der Waals surface area contributed by atoms with Crippen molar-refractivity contribution in [2.45, 2.75) is 39.0 Å². The lowest BCUT2D eigenvalue weighted by Crippen LogP contribution is -2.36. The number of nitrogens with one attached hydrogen (secondary N) is 1. The van der Waals surface area contributed by atoms with Crippen LogP contribution in [0.4, 0.5) is 4.39 Å². The number of methoxy groups -OCH3 is 1. The molecular formula is C23H33FN2O3. The smallest absolute Gasteiger partial charge is 0.161 e. The van der Waals surface area contributed by atoms with Gasteiger partial charge in [0, 0.05) is 19.1 Å². The minimum absolute atomic E-state index is 0.211. The Morgan fingerprint density at radius 3 is 2.41 bits per heavy atom. The molecular weight excluding hydrogens is 371 g/mol. The second kappa shape index (κ2) is 11.8. The van der Waals surface area contributed by atoms with E-state index in [9.17, 15) is 9.50 Å². The summed E-state index contributed by atoms with van der Waals surface area (Å²) in [4.78, 5) is 2.08. The van der Waals surface area contributed by atoms with Gasteiger partial charge in [-0.15, -0.1) is 0 Å². The first kappa shape index (κ1) is 23.1. The van der Waals surface area contributed by atoms with Crippen LogP contribution in [0.25, 0.3) is 0 Å². The molecule has 0 heterocycles. The van der Waals surface area contributed by atoms with Gasteiger partial charge < -0.3 is 24.8 Å². The van der Waals surface area contributed by atoms with Gasteiger partial charge in [-0.3, -0.25) is 0 Å². The van der Waals surface area contributed by atoms with Crippen molar-refractivity contribution < 1.29 is 19.0 Å². The van der Waals surface area contributed by atoms with Crippen molar-refractivity contribution >= 4 is 0 Å². The molecule has 5 nitrogen and oxygen atoms in total. The summed E-state index contributed by atoms with van der Waals surface area (Å²) in [6, 6.07) is 12.7. The molecule has 0 aliphatic carbocycles. The van der Waals surface area contributed by atoms with Crippen LogP contribution in [0, 0.1) is 5.82 Å². The van der Waals surface area contributed by atoms with Gasteiger partial charge in [-0.25, -0.2) is 4.39 Å². The zero-order valence-corrected chi connectivity index (χ0v) is 17.8. The molecule has 0 aliphatic heterocycles. The Morgan fingerprint density at radius 2 is 1.76 bits per heavy atom. The quantitative estimate of drug-likeness (QED) is 0.532. The molecule has 0 aromatic heterocycles. The van der Waals surface area contributed by atoms with Crippen molar-refractivity contribution in [3.63, 3.8) is 0 Å². The Hall–Kier alpha value is -2.15. The first-order chi connectivity index (χ1) is 13.9. The summed E-state index contributed by atoms with van der Waals surface area (Å²) in [6.45, 7) is 6.42. The number of halogens is 1. The van der Waals surface area contributed by atoms with Crippen molar-refractivity contribution in [1.29, 1.82) is 0 Å². The van der Waals surface area contributed by atoms with Crippen molar-refractivity contribution in [2.75, 3.05) is 33.9 Å². The van der Waals surface area contributed by atoms with Crippen molar-refractivity contribution in [3.8, 4) is 11.5 Å². The minimum atomic E-state index is -0.570. The molecule has 0 spiro atoms. The van der Waals surface area contributed by atoms with Crippen molar-refractivity contribution in [1.82, 2.24) is 10.2 Å². The molecule has 0 bridgehead atoms. The minimum Gasteiger partial charge on any atom is -0.493 e. The van der Waals surface area contributed by atoms with Gasteiger partial charge in [0.25, 0.3) is 0 Å². The van der Waals surface area contributed by atoms with Crippen molar-refractivity contribution in [2.24, 2.45) is 0 Å². The molecule has 2 rings (SSSR count). The number of nitrogens with zero attached hydrogens (tertiary/aromatic N) is 1. The lowest BCUT2D eigenvalue weighted by atomic mass is 10.1. The number of rotatable bonds is 12. The van der Waals surface area contributed by atoms with Crippen LogP contribution >= 0.6 is 0 Å². The van der Waals surface area contributed by atoms with E-state index in [1.165, 1.54) is 12.1 Å². The molecule has 0 saturated carbocycles. The second-order valence-corrected chi connectivity index (χ2v) is 7.54. The predicted molar refractivity (Wildman–Crippen MR) is 114 cm³/mol. The number of benzene rings is 2. The summed E-state index contributed by atoms with van der Waals surface area (Å²) in [5.41, 5.74) is 2.18. The monoisotopic (exact) mass is 404 g/mol. The van der Waals surface area contributed by atoms with Gasteiger partial charge in [-0.05, 0) is 69.3 Å². The molecule has 2 aromatic rings. The molecule has 0 aliphatic rings. The Morgan fingerprint density at radius 1 is 1.07 bits per heavy atom. The van der Waals surface area contributed by atoms with Crippen LogP contribution in [0.2, 0.25) is 0 Å². The van der Waals surface area contributed by atoms with E-state index in [0.29, 0.717) is 30.6 Å². The third-order valence-corrected chi connectivity index (χ3v) is 4.87. The van der Waals surface area contributed by atoms with E-state index in [1.54, 1.807) is 19.2 Å². The van der Waals surface area contributed by atoms with E-state index in [-0.39, 0.29) is 12.4 Å². The summed E-state index contributed by atoms with van der Waals surface area (Å²) < 4.78 is 24.1. The van der Waals surface area contributed by atoms with Crippen molar-refractivity contribution in [3.05, 3.63) is 59.4 Å². The maximum absolute atomic E-state index is 12.9. The number of ether oxygens (including phenoxy) is 2. The lowest BCUT2D eigenvalue weighted by molar-refractivity contribution is 0.0668. The predicted octanol–water partition coefficient (Wildman–Crippen LogP) is 3.25. The average molecular weight is 405 g/mol. The van der Waals surface area contributed by atoms with E-state index in [0.717, 1.165) is 24.1 Å². The van der Waals surface area contributed by atoms with Gasteiger partial charge in [-0.2, -0.15) is 0 Å². The summed E-state index contributed by atoms with van der Waals surface area (Å²) in [5.74, 6) is 1.05. The highest BCUT2D eigenvalue weighted by atomic mass is 19.1. The van der Waals surface area contributed by atoms with Crippen LogP contribution in [0.3, 0.4) is 0 Å². The summed E-state index contributed by atoms with van der Waals surface area (Å²) in [7, 11) is 3.59. The molecule has 0 unspecified atom stereocenters. The highest BCUT2D eigenvalue weighted by Gasteiger charge is 2.13. The summed E-state index contributed by atoms with van der Waals surface area (Å²) >= 11 is 0. The van der Waals surface area contributed by atoms with Gasteiger partial charge in [0.05, 0.1) is 7.11 Å². The highest BCUT2D eigenvalue weighted by molar-refractivity contribution is 5.43. The van der Waals surface area contributed by atoms with Gasteiger partial charge in [0.2, 0.25) is 0 Å². The first-order valence-electron chi connectivity index (χ1n) is 10.0. The van der Waals surface area contributed by atoms with Crippen LogP contribution in [0.5, 0.6) is 11.5 Å². The van der Waals surface area contributed by atoms with E-state index < -0.39 is 6.10 Å². The van der Waals surface area contributed by atoms with E-state index in [2.05, 4.69) is 24.1 Å². The fourth-order valence-electron chi connectivity index (χ4n) is 2.84. The molecule has 0 saturated heterocycles. The molecule has 0 amide bonds. The standard InChI is InChI=1S/C23H33FN2O3/c1-17(2)26(3)15-21(27)16-29-22-10-7-19(13-23(22)28-4)14-25-12-11-18-5-8-20(24)9-6-18/h5-10,13,17,21,25,27H,11-12,14-16H2,1-4H3/t21-/m0/s1. The first-order valence-corrected chi connectivity index (χ1v) is 10.0. The van der Waals surface area contributed by atoms with E-state index in [1.807, 2.05) is 25.2 Å². The van der Waals surface area contributed by atoms with E-state index >= 15 is 0 Å². The second-order valence-electron chi connectivity index (χ2n) is 7.54. The maximum atomic E-state index is 12.9. The molecule has 160 valence electrons. The summed E-state index contributed by atoms with van der Waals surface area (Å²) in [5, 5.41) is 13.5. The average Bonchev–Trinajstić information content (AvgIpc) is 2.71. The Labute approximate surface area is 173 Å². The fourth-order valence-corrected chi connectivity index (χ4v) is 2.84. The molecule has 2 N–H and O–H groups in total. The van der Waals surface area contributed by atoms with Crippen LogP contribution in [0.1, 0.15) is 25.0 Å². The number of hydrogen-bond donors (Lipinski definition) is 2. The summed E-state index contributed by atoms with van der Waals surface area (Å²) in [6.07, 6.45) is 0.265. The highest BCUT2D eigenvalue weighted by Crippen LogP contribution is 2.28. The largest absolute Gasteiger partial charge is 0.493 e. The van der Waals surface area contributed by atoms with Crippen LogP contribution < -0.4 is 14.8 Å². The van der Waals surface area contributed by atoms with Gasteiger partial charge in [-0.1, -0.05) is 18.2 Å². The number of aliphatic hydroxyl groups excluding tert-OH is 1. The van der Waals surface area contributed by atoms with Gasteiger partial charge in [0.1, 0.15) is 18.5 Å². The lowest BCUT2D eigenvalue weighted by Gasteiger charge is -2.24. The third kappa shape index (κ3) is 8.01. The molecule has 1 atom stereocenters. The zero-order valence-electron chi connectivity index (χ0n) is 17.8. The van der Waals surface area contributed by atoms with Crippen LogP contribution in [-0.4, -0.2) is 56.0 Å². The van der Waals surface area contributed by atoms with Gasteiger partial charge >= 0.3 is 0 Å². The molecule has 2 aromatic carbocycles. The van der Waals surface area contributed by atoms with Crippen LogP contribution in [0.15, 0.2) is 42.5 Å². The molecule has 0 fully saturated rings. The van der Waals surface area contributed by atoms with Gasteiger partial charge in [0.15, 0.2) is 11.5 Å². The Bertz CT molecular complexity index is 737. The number of likely N-dealkylation sites (N-methyl/N-ethyl adjacent to an activating group) is 1. The molecule has 6 heteroatoms. The zero-order chi connectivity index (χ0) is 21.2. The SMILES string of the molecule is COc1cc(CNCCc2ccc(F)cc2)ccc1OC[C@@H](O)CN(C)C(C)C. The molecule has 29 heavy (non-hydrogen) atoms. The maximum Gasteiger partial charge on any atom is 0.161 e. The normalized spacial score (nSPS) is 12.4. The molecule has 0 radical (unpaired) electrons.